The topological polar surface area (TPSA) is 101 Å². The van der Waals surface area contributed by atoms with E-state index in [2.05, 4.69) is 15.2 Å². The molecular weight excluding hydrogens is 457 g/mol. The van der Waals surface area contributed by atoms with Crippen molar-refractivity contribution in [2.75, 3.05) is 4.90 Å². The molecule has 2 N–H and O–H groups in total. The Morgan fingerprint density at radius 1 is 1.19 bits per heavy atom. The van der Waals surface area contributed by atoms with Crippen molar-refractivity contribution < 1.29 is 9.59 Å². The van der Waals surface area contributed by atoms with Gasteiger partial charge in [0.1, 0.15) is 5.25 Å². The van der Waals surface area contributed by atoms with Gasteiger partial charge in [-0.25, -0.2) is 4.90 Å². The fourth-order valence-electron chi connectivity index (χ4n) is 3.15. The average molecular weight is 472 g/mol. The Bertz CT molecular complexity index is 1240. The largest absolute Gasteiger partial charge is 0.377 e. The van der Waals surface area contributed by atoms with E-state index >= 15 is 0 Å². The number of hydrogen-bond acceptors (Lipinski definition) is 6. The lowest BCUT2D eigenvalue weighted by Crippen LogP contribution is -2.32. The minimum Gasteiger partial charge on any atom is -0.377 e. The van der Waals surface area contributed by atoms with Gasteiger partial charge in [0.2, 0.25) is 11.8 Å². The standard InChI is InChI=1S/C21H15Cl2N5O2S/c22-13-5-6-15(23)17(9-13)28-19(29)10-18(20(28)30)31-21(24)27-26-11-12-7-8-25-16-4-2-1-3-14(12)16/h1-9,11,18H,10H2,(H2,24,27)/t18-/m1/s1. The summed E-state index contributed by atoms with van der Waals surface area (Å²) < 4.78 is 0. The fraction of sp³-hybridized carbons (Fsp3) is 0.0952. The number of carbonyl (C=O) groups is 2. The zero-order valence-corrected chi connectivity index (χ0v) is 18.2. The number of para-hydroxylation sites is 1. The van der Waals surface area contributed by atoms with E-state index in [4.69, 9.17) is 28.9 Å². The molecule has 1 saturated heterocycles. The molecule has 7 nitrogen and oxygen atoms in total. The molecule has 0 spiro atoms. The molecule has 156 valence electrons. The van der Waals surface area contributed by atoms with Gasteiger partial charge < -0.3 is 5.73 Å². The highest BCUT2D eigenvalue weighted by molar-refractivity contribution is 8.14. The van der Waals surface area contributed by atoms with Gasteiger partial charge in [0.15, 0.2) is 5.17 Å². The van der Waals surface area contributed by atoms with Crippen LogP contribution in [0.5, 0.6) is 0 Å². The predicted molar refractivity (Wildman–Crippen MR) is 126 cm³/mol. The number of carbonyl (C=O) groups excluding carboxylic acids is 2. The molecule has 1 aliphatic rings. The number of nitrogens with two attached hydrogens (primary N) is 1. The molecule has 1 fully saturated rings. The lowest BCUT2D eigenvalue weighted by Gasteiger charge is -2.16. The van der Waals surface area contributed by atoms with Gasteiger partial charge in [0.05, 0.1) is 22.4 Å². The van der Waals surface area contributed by atoms with E-state index < -0.39 is 11.2 Å². The predicted octanol–water partition coefficient (Wildman–Crippen LogP) is 4.26. The Balaban J connectivity index is 1.48. The van der Waals surface area contributed by atoms with Crippen molar-refractivity contribution in [3.8, 4) is 0 Å². The van der Waals surface area contributed by atoms with Gasteiger partial charge in [0, 0.05) is 28.6 Å². The molecule has 2 amide bonds. The van der Waals surface area contributed by atoms with Crippen molar-refractivity contribution >= 4 is 74.8 Å². The molecule has 0 saturated carbocycles. The van der Waals surface area contributed by atoms with Crippen LogP contribution in [0.15, 0.2) is 64.9 Å². The smallest absolute Gasteiger partial charge is 0.247 e. The maximum Gasteiger partial charge on any atom is 0.247 e. The summed E-state index contributed by atoms with van der Waals surface area (Å²) in [5.41, 5.74) is 7.86. The number of halogens is 2. The third kappa shape index (κ3) is 4.56. The number of anilines is 1. The van der Waals surface area contributed by atoms with Gasteiger partial charge in [-0.15, -0.1) is 5.10 Å². The molecule has 10 heteroatoms. The number of fused-ring (bicyclic) bond motifs is 1. The fourth-order valence-corrected chi connectivity index (χ4v) is 4.34. The van der Waals surface area contributed by atoms with Crippen LogP contribution in [0.25, 0.3) is 10.9 Å². The number of pyridine rings is 1. The first-order valence-corrected chi connectivity index (χ1v) is 10.8. The molecule has 2 aromatic carbocycles. The van der Waals surface area contributed by atoms with Crippen molar-refractivity contribution in [1.82, 2.24) is 4.98 Å². The number of amides is 2. The van der Waals surface area contributed by atoms with E-state index in [0.717, 1.165) is 33.1 Å². The van der Waals surface area contributed by atoms with E-state index in [1.165, 1.54) is 12.1 Å². The zero-order valence-electron chi connectivity index (χ0n) is 15.9. The first-order chi connectivity index (χ1) is 14.9. The Labute approximate surface area is 191 Å². The Morgan fingerprint density at radius 2 is 2.00 bits per heavy atom. The molecule has 4 rings (SSSR count). The number of aromatic nitrogens is 1. The second-order valence-corrected chi connectivity index (χ2v) is 8.64. The number of thioether (sulfide) groups is 1. The van der Waals surface area contributed by atoms with Gasteiger partial charge in [-0.05, 0) is 30.3 Å². The summed E-state index contributed by atoms with van der Waals surface area (Å²) in [6.45, 7) is 0. The van der Waals surface area contributed by atoms with Crippen LogP contribution >= 0.6 is 35.0 Å². The summed E-state index contributed by atoms with van der Waals surface area (Å²) in [6, 6.07) is 14.1. The molecule has 0 radical (unpaired) electrons. The van der Waals surface area contributed by atoms with Crippen molar-refractivity contribution in [1.29, 1.82) is 0 Å². The molecule has 3 aromatic rings. The van der Waals surface area contributed by atoms with Gasteiger partial charge in [-0.3, -0.25) is 14.6 Å². The minimum atomic E-state index is -0.719. The molecule has 1 aliphatic heterocycles. The zero-order chi connectivity index (χ0) is 22.0. The Morgan fingerprint density at radius 3 is 2.84 bits per heavy atom. The van der Waals surface area contributed by atoms with Crippen LogP contribution in [0.4, 0.5) is 5.69 Å². The van der Waals surface area contributed by atoms with Gasteiger partial charge in [0.25, 0.3) is 0 Å². The van der Waals surface area contributed by atoms with E-state index in [1.807, 2.05) is 30.3 Å². The molecule has 1 aromatic heterocycles. The summed E-state index contributed by atoms with van der Waals surface area (Å²) in [7, 11) is 0. The number of hydrogen-bond donors (Lipinski definition) is 1. The van der Waals surface area contributed by atoms with Crippen LogP contribution < -0.4 is 10.6 Å². The molecule has 0 unspecified atom stereocenters. The number of amidine groups is 1. The van der Waals surface area contributed by atoms with Crippen LogP contribution in [0.2, 0.25) is 10.0 Å². The first kappa shape index (κ1) is 21.3. The maximum absolute atomic E-state index is 12.8. The van der Waals surface area contributed by atoms with E-state index in [9.17, 15) is 9.59 Å². The molecular formula is C21H15Cl2N5O2S. The normalized spacial score (nSPS) is 17.3. The van der Waals surface area contributed by atoms with E-state index in [1.54, 1.807) is 18.5 Å². The second kappa shape index (κ2) is 9.05. The monoisotopic (exact) mass is 471 g/mol. The lowest BCUT2D eigenvalue weighted by atomic mass is 10.1. The van der Waals surface area contributed by atoms with Crippen LogP contribution in [-0.2, 0) is 9.59 Å². The van der Waals surface area contributed by atoms with E-state index in [0.29, 0.717) is 5.02 Å². The molecule has 0 bridgehead atoms. The van der Waals surface area contributed by atoms with Gasteiger partial charge in [-0.1, -0.05) is 53.2 Å². The third-order valence-electron chi connectivity index (χ3n) is 4.55. The summed E-state index contributed by atoms with van der Waals surface area (Å²) in [5.74, 6) is -0.812. The van der Waals surface area contributed by atoms with Crippen LogP contribution in [-0.4, -0.2) is 33.4 Å². The molecule has 1 atom stereocenters. The molecule has 0 aliphatic carbocycles. The van der Waals surface area contributed by atoms with Crippen molar-refractivity contribution in [3.63, 3.8) is 0 Å². The third-order valence-corrected chi connectivity index (χ3v) is 6.08. The van der Waals surface area contributed by atoms with Crippen LogP contribution in [0.1, 0.15) is 12.0 Å². The SMILES string of the molecule is NC(=NN=Cc1ccnc2ccccc12)S[C@@H]1CC(=O)N(c2cc(Cl)ccc2Cl)C1=O. The summed E-state index contributed by atoms with van der Waals surface area (Å²) in [5, 5.41) is 8.89. The van der Waals surface area contributed by atoms with Crippen molar-refractivity contribution in [2.45, 2.75) is 11.7 Å². The highest BCUT2D eigenvalue weighted by Crippen LogP contribution is 2.35. The van der Waals surface area contributed by atoms with Crippen LogP contribution in [0.3, 0.4) is 0 Å². The highest BCUT2D eigenvalue weighted by Gasteiger charge is 2.41. The second-order valence-electron chi connectivity index (χ2n) is 6.57. The number of rotatable bonds is 4. The first-order valence-electron chi connectivity index (χ1n) is 9.13. The minimum absolute atomic E-state index is 0.0265. The highest BCUT2D eigenvalue weighted by atomic mass is 35.5. The van der Waals surface area contributed by atoms with Crippen LogP contribution in [0, 0.1) is 0 Å². The lowest BCUT2D eigenvalue weighted by molar-refractivity contribution is -0.121. The number of nitrogens with zero attached hydrogens (tertiary/aromatic N) is 4. The number of imide groups is 1. The Hall–Kier alpha value is -2.94. The summed E-state index contributed by atoms with van der Waals surface area (Å²) >= 11 is 13.1. The average Bonchev–Trinajstić information content (AvgIpc) is 3.03. The summed E-state index contributed by atoms with van der Waals surface area (Å²) in [4.78, 5) is 30.5. The summed E-state index contributed by atoms with van der Waals surface area (Å²) in [6.07, 6.45) is 3.22. The van der Waals surface area contributed by atoms with E-state index in [-0.39, 0.29) is 28.2 Å². The maximum atomic E-state index is 12.8. The molecule has 2 heterocycles. The quantitative estimate of drug-likeness (QED) is 0.265. The van der Waals surface area contributed by atoms with Gasteiger partial charge in [-0.2, -0.15) is 5.10 Å². The number of benzene rings is 2. The Kier molecular flexibility index (Phi) is 6.22. The van der Waals surface area contributed by atoms with Crippen molar-refractivity contribution in [2.24, 2.45) is 15.9 Å². The van der Waals surface area contributed by atoms with Crippen molar-refractivity contribution in [3.05, 3.63) is 70.3 Å². The molecule has 31 heavy (non-hydrogen) atoms. The van der Waals surface area contributed by atoms with Gasteiger partial charge >= 0.3 is 0 Å².